The maximum atomic E-state index is 13.9. The number of rotatable bonds is 9. The summed E-state index contributed by atoms with van der Waals surface area (Å²) in [5, 5.41) is 24.4. The standard InChI is InChI=1S/C42H40N4O6/c1-5-44(6-2)27-17-19-32-36(21-27)51-38-24-39-35(23-34(38)41(32,43-49)30-15-11-9-13-26(30)25-47)42(31-16-12-10-14-29(31)40(48)46(42)50)33-20-18-28(22-37(33)52-39)45(7-3)8-4/h9-25,43,49-50H,5-8H2,1-4H3. The SMILES string of the molecule is CCN(CC)c1ccc2c(c1)Oc1cc3c(cc1C2(NO)c1ccccc1C=O)C1(c2ccc(N(CC)CC)cc2O3)c2ccccc2C(=O)N1O. The summed E-state index contributed by atoms with van der Waals surface area (Å²) < 4.78 is 13.5. The monoisotopic (exact) mass is 696 g/mol. The van der Waals surface area contributed by atoms with Crippen molar-refractivity contribution >= 4 is 23.6 Å². The van der Waals surface area contributed by atoms with Gasteiger partial charge in [-0.05, 0) is 57.5 Å². The minimum atomic E-state index is -1.52. The Morgan fingerprint density at radius 3 is 1.81 bits per heavy atom. The lowest BCUT2D eigenvalue weighted by Gasteiger charge is -2.44. The zero-order valence-corrected chi connectivity index (χ0v) is 29.5. The van der Waals surface area contributed by atoms with Crippen LogP contribution in [0.15, 0.2) is 97.1 Å². The van der Waals surface area contributed by atoms with Gasteiger partial charge in [-0.1, -0.05) is 54.6 Å². The van der Waals surface area contributed by atoms with Crippen LogP contribution < -0.4 is 24.8 Å². The Kier molecular flexibility index (Phi) is 8.06. The molecular formula is C42H40N4O6. The maximum Gasteiger partial charge on any atom is 0.279 e. The van der Waals surface area contributed by atoms with Gasteiger partial charge in [0.1, 0.15) is 34.8 Å². The third kappa shape index (κ3) is 4.41. The van der Waals surface area contributed by atoms with E-state index in [0.29, 0.717) is 67.5 Å². The number of benzene rings is 5. The van der Waals surface area contributed by atoms with E-state index in [1.54, 1.807) is 36.4 Å². The number of hydroxylamine groups is 3. The second kappa shape index (κ2) is 12.5. The fourth-order valence-electron chi connectivity index (χ4n) is 8.50. The number of carbonyl (C=O) groups excluding carboxylic acids is 2. The van der Waals surface area contributed by atoms with Crippen molar-refractivity contribution in [3.8, 4) is 23.0 Å². The predicted molar refractivity (Wildman–Crippen MR) is 198 cm³/mol. The molecule has 52 heavy (non-hydrogen) atoms. The molecule has 3 N–H and O–H groups in total. The van der Waals surface area contributed by atoms with Crippen LogP contribution in [0.4, 0.5) is 11.4 Å². The summed E-state index contributed by atoms with van der Waals surface area (Å²) in [6.45, 7) is 11.4. The van der Waals surface area contributed by atoms with Crippen molar-refractivity contribution < 1.29 is 29.5 Å². The topological polar surface area (TPSA) is 115 Å². The number of hydrogen-bond acceptors (Lipinski definition) is 9. The molecule has 0 bridgehead atoms. The Labute approximate surface area is 302 Å². The van der Waals surface area contributed by atoms with Crippen LogP contribution in [0.3, 0.4) is 0 Å². The average molecular weight is 697 g/mol. The summed E-state index contributed by atoms with van der Waals surface area (Å²) in [6.07, 6.45) is 0.765. The molecule has 10 nitrogen and oxygen atoms in total. The van der Waals surface area contributed by atoms with Gasteiger partial charge in [-0.2, -0.15) is 5.48 Å². The highest BCUT2D eigenvalue weighted by Crippen LogP contribution is 2.61. The zero-order chi connectivity index (χ0) is 36.4. The smallest absolute Gasteiger partial charge is 0.279 e. The molecule has 0 fully saturated rings. The largest absolute Gasteiger partial charge is 0.456 e. The van der Waals surface area contributed by atoms with Gasteiger partial charge in [0.15, 0.2) is 5.54 Å². The first-order valence-electron chi connectivity index (χ1n) is 17.7. The van der Waals surface area contributed by atoms with Gasteiger partial charge in [0, 0.05) is 94.7 Å². The second-order valence-electron chi connectivity index (χ2n) is 13.2. The van der Waals surface area contributed by atoms with Crippen molar-refractivity contribution in [3.63, 3.8) is 0 Å². The Bertz CT molecular complexity index is 2250. The maximum absolute atomic E-state index is 13.9. The highest BCUT2D eigenvalue weighted by atomic mass is 16.5. The quantitative estimate of drug-likeness (QED) is 0.0807. The first-order chi connectivity index (χ1) is 25.3. The van der Waals surface area contributed by atoms with Crippen molar-refractivity contribution in [3.05, 3.63) is 142 Å². The van der Waals surface area contributed by atoms with Crippen LogP contribution in [0.1, 0.15) is 81.8 Å². The lowest BCUT2D eigenvalue weighted by molar-refractivity contribution is -0.102. The number of fused-ring (bicyclic) bond motifs is 8. The Balaban J connectivity index is 1.46. The van der Waals surface area contributed by atoms with Crippen molar-refractivity contribution in [2.45, 2.75) is 38.8 Å². The third-order valence-electron chi connectivity index (χ3n) is 11.0. The summed E-state index contributed by atoms with van der Waals surface area (Å²) in [5.74, 6) is 1.15. The Morgan fingerprint density at radius 2 is 1.19 bits per heavy atom. The van der Waals surface area contributed by atoms with Crippen LogP contribution in [-0.2, 0) is 11.1 Å². The number of nitrogens with zero attached hydrogens (tertiary/aromatic N) is 3. The molecule has 10 heteroatoms. The fourth-order valence-corrected chi connectivity index (χ4v) is 8.50. The van der Waals surface area contributed by atoms with Crippen LogP contribution in [0.2, 0.25) is 0 Å². The summed E-state index contributed by atoms with van der Waals surface area (Å²) in [5.41, 5.74) is 5.33. The molecular weight excluding hydrogens is 656 g/mol. The normalized spacial score (nSPS) is 19.1. The number of nitrogens with one attached hydrogen (secondary N) is 1. The van der Waals surface area contributed by atoms with Crippen molar-refractivity contribution in [1.82, 2.24) is 10.5 Å². The Hall–Kier alpha value is -5.68. The van der Waals surface area contributed by atoms with E-state index >= 15 is 0 Å². The molecule has 8 rings (SSSR count). The molecule has 3 aliphatic rings. The number of hydrogen-bond donors (Lipinski definition) is 3. The lowest BCUT2D eigenvalue weighted by atomic mass is 9.70. The highest BCUT2D eigenvalue weighted by molar-refractivity contribution is 6.01. The molecule has 264 valence electrons. The van der Waals surface area contributed by atoms with Gasteiger partial charge in [0.25, 0.3) is 5.91 Å². The predicted octanol–water partition coefficient (Wildman–Crippen LogP) is 7.81. The first kappa shape index (κ1) is 33.5. The van der Waals surface area contributed by atoms with E-state index in [9.17, 15) is 20.0 Å². The van der Waals surface area contributed by atoms with Crippen LogP contribution in [0.25, 0.3) is 0 Å². The molecule has 0 saturated heterocycles. The third-order valence-corrected chi connectivity index (χ3v) is 11.0. The van der Waals surface area contributed by atoms with Crippen molar-refractivity contribution in [2.24, 2.45) is 0 Å². The summed E-state index contributed by atoms with van der Waals surface area (Å²) >= 11 is 0. The van der Waals surface area contributed by atoms with Gasteiger partial charge in [0.05, 0.1) is 0 Å². The molecule has 0 aliphatic carbocycles. The van der Waals surface area contributed by atoms with Crippen LogP contribution in [0.5, 0.6) is 23.0 Å². The van der Waals surface area contributed by atoms with Gasteiger partial charge in [0.2, 0.25) is 0 Å². The fraction of sp³-hybridized carbons (Fsp3) is 0.238. The summed E-state index contributed by atoms with van der Waals surface area (Å²) in [7, 11) is 0. The Morgan fingerprint density at radius 1 is 0.654 bits per heavy atom. The van der Waals surface area contributed by atoms with Gasteiger partial charge < -0.3 is 24.5 Å². The van der Waals surface area contributed by atoms with E-state index in [1.165, 1.54) is 0 Å². The molecule has 5 aromatic carbocycles. The van der Waals surface area contributed by atoms with Crippen molar-refractivity contribution in [2.75, 3.05) is 36.0 Å². The molecule has 0 aromatic heterocycles. The molecule has 0 saturated carbocycles. The van der Waals surface area contributed by atoms with E-state index in [4.69, 9.17) is 9.47 Å². The number of carbonyl (C=O) groups is 2. The number of amides is 1. The van der Waals surface area contributed by atoms with E-state index in [2.05, 4.69) is 43.0 Å². The molecule has 3 heterocycles. The van der Waals surface area contributed by atoms with E-state index in [-0.39, 0.29) is 0 Å². The molecule has 1 amide bonds. The summed E-state index contributed by atoms with van der Waals surface area (Å²) in [4.78, 5) is 31.0. The molecule has 3 aliphatic heterocycles. The number of anilines is 2. The zero-order valence-electron chi connectivity index (χ0n) is 29.5. The molecule has 0 radical (unpaired) electrons. The second-order valence-corrected chi connectivity index (χ2v) is 13.2. The van der Waals surface area contributed by atoms with Crippen LogP contribution >= 0.6 is 0 Å². The van der Waals surface area contributed by atoms with E-state index in [0.717, 1.165) is 48.9 Å². The lowest BCUT2D eigenvalue weighted by Crippen LogP contribution is -2.48. The van der Waals surface area contributed by atoms with Gasteiger partial charge in [-0.3, -0.25) is 14.8 Å². The van der Waals surface area contributed by atoms with Gasteiger partial charge >= 0.3 is 0 Å². The van der Waals surface area contributed by atoms with Crippen LogP contribution in [0, 0.1) is 0 Å². The minimum absolute atomic E-state index is 0.359. The van der Waals surface area contributed by atoms with E-state index in [1.807, 2.05) is 60.7 Å². The minimum Gasteiger partial charge on any atom is -0.456 e. The van der Waals surface area contributed by atoms with Gasteiger partial charge in [-0.15, -0.1) is 0 Å². The summed E-state index contributed by atoms with van der Waals surface area (Å²) in [6, 6.07) is 29.5. The molecule has 2 atom stereocenters. The average Bonchev–Trinajstić information content (AvgIpc) is 3.40. The van der Waals surface area contributed by atoms with E-state index < -0.39 is 17.0 Å². The first-order valence-corrected chi connectivity index (χ1v) is 17.7. The van der Waals surface area contributed by atoms with Crippen molar-refractivity contribution in [1.29, 1.82) is 0 Å². The number of aldehydes is 1. The molecule has 5 aromatic rings. The highest BCUT2D eigenvalue weighted by Gasteiger charge is 2.58. The molecule has 1 spiro atoms. The van der Waals surface area contributed by atoms with Crippen LogP contribution in [-0.4, -0.2) is 53.9 Å². The van der Waals surface area contributed by atoms with Gasteiger partial charge in [-0.25, -0.2) is 5.06 Å². The number of ether oxygens (including phenoxy) is 2. The molecule has 2 unspecified atom stereocenters.